The Morgan fingerprint density at radius 2 is 1.52 bits per heavy atom. The van der Waals surface area contributed by atoms with Gasteiger partial charge in [0.2, 0.25) is 0 Å². The zero-order valence-corrected chi connectivity index (χ0v) is 24.5. The summed E-state index contributed by atoms with van der Waals surface area (Å²) in [6.07, 6.45) is 11.5. The van der Waals surface area contributed by atoms with Gasteiger partial charge in [-0.25, -0.2) is 0 Å². The van der Waals surface area contributed by atoms with Crippen molar-refractivity contribution in [3.8, 4) is 22.3 Å². The van der Waals surface area contributed by atoms with E-state index in [2.05, 4.69) is 135 Å². The third-order valence-electron chi connectivity index (χ3n) is 8.51. The highest BCUT2D eigenvalue weighted by Gasteiger charge is 2.22. The van der Waals surface area contributed by atoms with Crippen LogP contribution in [0.15, 0.2) is 133 Å². The van der Waals surface area contributed by atoms with Gasteiger partial charge in [-0.1, -0.05) is 121 Å². The lowest BCUT2D eigenvalue weighted by molar-refractivity contribution is 0.770. The summed E-state index contributed by atoms with van der Waals surface area (Å²) in [5.41, 5.74) is 26.7. The largest absolute Gasteiger partial charge is 0.398 e. The van der Waals surface area contributed by atoms with Crippen molar-refractivity contribution in [1.82, 2.24) is 0 Å². The van der Waals surface area contributed by atoms with Crippen LogP contribution in [0, 0.1) is 13.8 Å². The number of hydrogen-bond donors (Lipinski definition) is 2. The molecule has 1 unspecified atom stereocenters. The van der Waals surface area contributed by atoms with E-state index in [9.17, 15) is 0 Å². The van der Waals surface area contributed by atoms with E-state index in [4.69, 9.17) is 11.5 Å². The van der Waals surface area contributed by atoms with E-state index in [1.807, 2.05) is 6.07 Å². The summed E-state index contributed by atoms with van der Waals surface area (Å²) in [7, 11) is 0. The molecule has 5 aromatic rings. The fourth-order valence-corrected chi connectivity index (χ4v) is 6.27. The van der Waals surface area contributed by atoms with Crippen LogP contribution < -0.4 is 11.5 Å². The Balaban J connectivity index is 1.49. The summed E-state index contributed by atoms with van der Waals surface area (Å²) in [6.45, 7) is 4.40. The molecule has 0 saturated carbocycles. The lowest BCUT2D eigenvalue weighted by Crippen LogP contribution is -2.16. The first-order valence-corrected chi connectivity index (χ1v) is 14.8. The number of nitrogens with two attached hydrogens (primary N) is 2. The van der Waals surface area contributed by atoms with Gasteiger partial charge >= 0.3 is 0 Å². The molecule has 0 aromatic heterocycles. The smallest absolute Gasteiger partial charge is 0.0520 e. The van der Waals surface area contributed by atoms with Gasteiger partial charge in [0, 0.05) is 11.3 Å². The van der Waals surface area contributed by atoms with Crippen LogP contribution in [0.1, 0.15) is 46.7 Å². The molecular weight excluding hydrogens is 508 g/mol. The zero-order chi connectivity index (χ0) is 29.1. The average Bonchev–Trinajstić information content (AvgIpc) is 3.04. The monoisotopic (exact) mass is 546 g/mol. The van der Waals surface area contributed by atoms with Crippen molar-refractivity contribution in [3.05, 3.63) is 161 Å². The van der Waals surface area contributed by atoms with Crippen LogP contribution in [-0.2, 0) is 6.42 Å². The molecule has 0 bridgehead atoms. The van der Waals surface area contributed by atoms with E-state index in [0.29, 0.717) is 0 Å². The normalized spacial score (nSPS) is 14.2. The second-order valence-corrected chi connectivity index (χ2v) is 11.3. The molecule has 2 nitrogen and oxygen atoms in total. The topological polar surface area (TPSA) is 52.0 Å². The fourth-order valence-electron chi connectivity index (χ4n) is 6.27. The number of aryl methyl sites for hydroxylation is 2. The molecule has 42 heavy (non-hydrogen) atoms. The number of fused-ring (bicyclic) bond motifs is 1. The number of allylic oxidation sites excluding steroid dienone is 4. The predicted octanol–water partition coefficient (Wildman–Crippen LogP) is 9.61. The second-order valence-electron chi connectivity index (χ2n) is 11.3. The molecule has 1 atom stereocenters. The lowest BCUT2D eigenvalue weighted by Gasteiger charge is -2.25. The quantitative estimate of drug-likeness (QED) is 0.213. The van der Waals surface area contributed by atoms with Gasteiger partial charge in [0.05, 0.1) is 6.04 Å². The molecule has 1 aliphatic carbocycles. The summed E-state index contributed by atoms with van der Waals surface area (Å²) in [5, 5.41) is 2.34. The molecule has 0 radical (unpaired) electrons. The predicted molar refractivity (Wildman–Crippen MR) is 180 cm³/mol. The van der Waals surface area contributed by atoms with Gasteiger partial charge in [0.25, 0.3) is 0 Å². The van der Waals surface area contributed by atoms with E-state index >= 15 is 0 Å². The van der Waals surface area contributed by atoms with Crippen LogP contribution in [0.3, 0.4) is 0 Å². The standard InChI is InChI=1S/C40H38N2/c1-27-13-9-10-18-32(27)39-28(2)25-31(26-37(39)40(42)30-16-7-4-8-17-30)33-22-23-36(35-20-12-11-19-34(33)35)38(41)24-21-29-14-5-3-6-15-29/h3-7,9-16,18-20,22-26,40H,8,17,21,41-42H2,1-2H3/b38-24-. The molecule has 0 aliphatic heterocycles. The van der Waals surface area contributed by atoms with Crippen LogP contribution in [-0.4, -0.2) is 0 Å². The summed E-state index contributed by atoms with van der Waals surface area (Å²) >= 11 is 0. The second kappa shape index (κ2) is 12.1. The molecule has 0 amide bonds. The number of benzene rings is 5. The maximum atomic E-state index is 7.11. The van der Waals surface area contributed by atoms with Crippen molar-refractivity contribution < 1.29 is 0 Å². The molecule has 0 spiro atoms. The highest BCUT2D eigenvalue weighted by atomic mass is 14.6. The van der Waals surface area contributed by atoms with Gasteiger partial charge in [-0.15, -0.1) is 0 Å². The Morgan fingerprint density at radius 1 is 0.786 bits per heavy atom. The number of rotatable bonds is 7. The van der Waals surface area contributed by atoms with Crippen LogP contribution in [0.25, 0.3) is 38.7 Å². The maximum Gasteiger partial charge on any atom is 0.0520 e. The highest BCUT2D eigenvalue weighted by Crippen LogP contribution is 2.41. The molecule has 0 saturated heterocycles. The molecule has 6 rings (SSSR count). The van der Waals surface area contributed by atoms with Crippen molar-refractivity contribution in [3.63, 3.8) is 0 Å². The first kappa shape index (κ1) is 27.5. The van der Waals surface area contributed by atoms with Crippen molar-refractivity contribution >= 4 is 16.5 Å². The maximum absolute atomic E-state index is 7.11. The van der Waals surface area contributed by atoms with Crippen molar-refractivity contribution in [2.75, 3.05) is 0 Å². The Bertz CT molecular complexity index is 1840. The van der Waals surface area contributed by atoms with E-state index in [1.165, 1.54) is 55.5 Å². The SMILES string of the molecule is Cc1ccccc1-c1c(C)cc(-c2ccc(/C(N)=C/Cc3ccccc3)c3ccccc23)cc1C(N)C1=CC=CCC1. The van der Waals surface area contributed by atoms with Gasteiger partial charge in [-0.2, -0.15) is 0 Å². The summed E-state index contributed by atoms with van der Waals surface area (Å²) in [6, 6.07) is 36.5. The fraction of sp³-hybridized carbons (Fsp3) is 0.150. The summed E-state index contributed by atoms with van der Waals surface area (Å²) in [5.74, 6) is 0. The zero-order valence-electron chi connectivity index (χ0n) is 24.5. The van der Waals surface area contributed by atoms with E-state index in [-0.39, 0.29) is 6.04 Å². The Hall–Kier alpha value is -4.66. The molecular formula is C40H38N2. The van der Waals surface area contributed by atoms with Gasteiger partial charge < -0.3 is 11.5 Å². The first-order chi connectivity index (χ1) is 20.5. The Labute approximate surface area is 249 Å². The third-order valence-corrected chi connectivity index (χ3v) is 8.51. The van der Waals surface area contributed by atoms with Crippen LogP contribution in [0.2, 0.25) is 0 Å². The minimum absolute atomic E-state index is 0.176. The van der Waals surface area contributed by atoms with Crippen molar-refractivity contribution in [2.24, 2.45) is 11.5 Å². The summed E-state index contributed by atoms with van der Waals surface area (Å²) in [4.78, 5) is 0. The molecule has 2 heteroatoms. The van der Waals surface area contributed by atoms with Gasteiger partial charge in [0.15, 0.2) is 0 Å². The van der Waals surface area contributed by atoms with Gasteiger partial charge in [-0.05, 0) is 100 Å². The van der Waals surface area contributed by atoms with E-state index in [0.717, 1.165) is 35.9 Å². The van der Waals surface area contributed by atoms with Gasteiger partial charge in [0.1, 0.15) is 0 Å². The third kappa shape index (κ3) is 5.46. The lowest BCUT2D eigenvalue weighted by atomic mass is 9.82. The number of hydrogen-bond acceptors (Lipinski definition) is 2. The minimum Gasteiger partial charge on any atom is -0.398 e. The Morgan fingerprint density at radius 3 is 2.29 bits per heavy atom. The Kier molecular flexibility index (Phi) is 7.90. The molecule has 5 aromatic carbocycles. The van der Waals surface area contributed by atoms with E-state index in [1.54, 1.807) is 0 Å². The minimum atomic E-state index is -0.176. The van der Waals surface area contributed by atoms with Crippen LogP contribution in [0.5, 0.6) is 0 Å². The molecule has 0 heterocycles. The van der Waals surface area contributed by atoms with Gasteiger partial charge in [-0.3, -0.25) is 0 Å². The molecule has 1 aliphatic rings. The van der Waals surface area contributed by atoms with Crippen LogP contribution >= 0.6 is 0 Å². The average molecular weight is 547 g/mol. The highest BCUT2D eigenvalue weighted by molar-refractivity contribution is 6.03. The summed E-state index contributed by atoms with van der Waals surface area (Å²) < 4.78 is 0. The molecule has 208 valence electrons. The van der Waals surface area contributed by atoms with Crippen LogP contribution in [0.4, 0.5) is 0 Å². The molecule has 0 fully saturated rings. The van der Waals surface area contributed by atoms with E-state index < -0.39 is 0 Å². The van der Waals surface area contributed by atoms with Crippen molar-refractivity contribution in [1.29, 1.82) is 0 Å². The first-order valence-electron chi connectivity index (χ1n) is 14.8. The van der Waals surface area contributed by atoms with Crippen molar-refractivity contribution in [2.45, 2.75) is 39.2 Å². The molecule has 4 N–H and O–H groups in total.